The van der Waals surface area contributed by atoms with E-state index in [0.717, 1.165) is 41.9 Å². The van der Waals surface area contributed by atoms with E-state index in [2.05, 4.69) is 28.6 Å². The molecule has 2 aromatic heterocycles. The van der Waals surface area contributed by atoms with Crippen LogP contribution in [0.5, 0.6) is 5.75 Å². The number of furan rings is 1. The van der Waals surface area contributed by atoms with Crippen LogP contribution in [-0.4, -0.2) is 24.1 Å². The van der Waals surface area contributed by atoms with E-state index in [-0.39, 0.29) is 6.04 Å². The number of benzene rings is 1. The molecule has 0 saturated carbocycles. The topological polar surface area (TPSA) is 71.7 Å². The van der Waals surface area contributed by atoms with E-state index >= 15 is 0 Å². The van der Waals surface area contributed by atoms with Crippen molar-refractivity contribution in [1.82, 2.24) is 15.6 Å². The van der Waals surface area contributed by atoms with Gasteiger partial charge in [0.05, 0.1) is 25.5 Å². The number of hydrogen-bond donors (Lipinski definition) is 2. The Morgan fingerprint density at radius 3 is 3.04 bits per heavy atom. The summed E-state index contributed by atoms with van der Waals surface area (Å²) in [5.41, 5.74) is 1.17. The molecule has 1 atom stereocenters. The van der Waals surface area contributed by atoms with Gasteiger partial charge in [0.2, 0.25) is 0 Å². The molecule has 0 fully saturated rings. The van der Waals surface area contributed by atoms with E-state index < -0.39 is 0 Å². The summed E-state index contributed by atoms with van der Waals surface area (Å²) in [5, 5.41) is 8.01. The zero-order valence-corrected chi connectivity index (χ0v) is 16.7. The molecule has 0 saturated heterocycles. The predicted octanol–water partition coefficient (Wildman–Crippen LogP) is 3.85. The fourth-order valence-corrected chi connectivity index (χ4v) is 3.90. The molecule has 0 spiro atoms. The number of ether oxygens (including phenoxy) is 1. The molecule has 1 aliphatic rings. The molecule has 6 nitrogen and oxygen atoms in total. The predicted molar refractivity (Wildman–Crippen MR) is 111 cm³/mol. The lowest BCUT2D eigenvalue weighted by atomic mass is 10.0. The van der Waals surface area contributed by atoms with Gasteiger partial charge in [-0.3, -0.25) is 0 Å². The number of para-hydroxylation sites is 1. The monoisotopic (exact) mass is 396 g/mol. The third kappa shape index (κ3) is 4.72. The molecule has 0 radical (unpaired) electrons. The summed E-state index contributed by atoms with van der Waals surface area (Å²) in [7, 11) is 0. The lowest BCUT2D eigenvalue weighted by Gasteiger charge is -2.28. The fourth-order valence-electron chi connectivity index (χ4n) is 3.19. The lowest BCUT2D eigenvalue weighted by molar-refractivity contribution is 0.261. The number of guanidine groups is 1. The number of nitrogens with one attached hydrogen (secondary N) is 2. The van der Waals surface area contributed by atoms with Crippen molar-refractivity contribution in [3.05, 3.63) is 70.1 Å². The molecular weight excluding hydrogens is 372 g/mol. The first-order valence-electron chi connectivity index (χ1n) is 9.48. The van der Waals surface area contributed by atoms with Crippen LogP contribution < -0.4 is 15.4 Å². The van der Waals surface area contributed by atoms with Crippen LogP contribution >= 0.6 is 11.3 Å². The van der Waals surface area contributed by atoms with E-state index in [4.69, 9.17) is 14.1 Å². The Labute approximate surface area is 168 Å². The molecule has 0 aliphatic carbocycles. The van der Waals surface area contributed by atoms with Gasteiger partial charge in [-0.2, -0.15) is 0 Å². The Kier molecular flexibility index (Phi) is 5.92. The normalized spacial score (nSPS) is 16.3. The van der Waals surface area contributed by atoms with Gasteiger partial charge in [-0.1, -0.05) is 18.2 Å². The van der Waals surface area contributed by atoms with Crippen molar-refractivity contribution >= 4 is 17.3 Å². The average Bonchev–Trinajstić information content (AvgIpc) is 3.38. The number of nitrogens with zero attached hydrogens (tertiary/aromatic N) is 2. The Morgan fingerprint density at radius 2 is 2.21 bits per heavy atom. The smallest absolute Gasteiger partial charge is 0.192 e. The summed E-state index contributed by atoms with van der Waals surface area (Å²) in [6, 6.07) is 12.2. The second kappa shape index (κ2) is 8.93. The highest BCUT2D eigenvalue weighted by Crippen LogP contribution is 2.31. The Hall–Kier alpha value is -2.80. The zero-order valence-electron chi connectivity index (χ0n) is 15.9. The molecule has 3 aromatic rings. The van der Waals surface area contributed by atoms with Crippen molar-refractivity contribution < 1.29 is 9.15 Å². The number of aryl methyl sites for hydroxylation is 1. The van der Waals surface area contributed by atoms with Crippen molar-refractivity contribution in [3.8, 4) is 5.75 Å². The highest BCUT2D eigenvalue weighted by atomic mass is 32.1. The van der Waals surface area contributed by atoms with Gasteiger partial charge in [-0.25, -0.2) is 9.98 Å². The van der Waals surface area contributed by atoms with Gasteiger partial charge in [0.1, 0.15) is 16.5 Å². The Morgan fingerprint density at radius 1 is 1.29 bits per heavy atom. The van der Waals surface area contributed by atoms with Crippen LogP contribution in [0.3, 0.4) is 0 Å². The molecule has 7 heteroatoms. The molecule has 1 aliphatic heterocycles. The van der Waals surface area contributed by atoms with Gasteiger partial charge in [-0.05, 0) is 25.1 Å². The molecule has 28 heavy (non-hydrogen) atoms. The molecule has 2 N–H and O–H groups in total. The molecule has 1 aromatic carbocycles. The molecule has 146 valence electrons. The van der Waals surface area contributed by atoms with Crippen molar-refractivity contribution in [2.45, 2.75) is 32.4 Å². The summed E-state index contributed by atoms with van der Waals surface area (Å²) in [6.07, 6.45) is 5.29. The summed E-state index contributed by atoms with van der Waals surface area (Å²) in [6.45, 7) is 4.05. The maximum Gasteiger partial charge on any atom is 0.192 e. The number of fused-ring (bicyclic) bond motifs is 1. The maximum atomic E-state index is 5.78. The molecule has 3 heterocycles. The largest absolute Gasteiger partial charge is 0.493 e. The van der Waals surface area contributed by atoms with Gasteiger partial charge in [0, 0.05) is 36.0 Å². The molecule has 0 bridgehead atoms. The Balaban J connectivity index is 1.45. The van der Waals surface area contributed by atoms with Gasteiger partial charge in [-0.15, -0.1) is 11.3 Å². The van der Waals surface area contributed by atoms with Crippen molar-refractivity contribution in [2.24, 2.45) is 4.99 Å². The standard InChI is InChI=1S/C21H24N4O2S/c1-15-13-23-20(28-15)14-24-21(22-10-8-16-5-4-11-26-16)25-18-9-12-27-19-7-3-2-6-17(18)19/h2-7,11,13,18H,8-10,12,14H2,1H3,(H2,22,24,25). The van der Waals surface area contributed by atoms with Gasteiger partial charge < -0.3 is 19.8 Å². The first-order chi connectivity index (χ1) is 13.8. The number of aliphatic imine (C=N–C) groups is 1. The van der Waals surface area contributed by atoms with Crippen molar-refractivity contribution in [2.75, 3.05) is 13.2 Å². The van der Waals surface area contributed by atoms with Crippen LogP contribution in [0.2, 0.25) is 0 Å². The molecular formula is C21H24N4O2S. The summed E-state index contributed by atoms with van der Waals surface area (Å²) < 4.78 is 11.2. The highest BCUT2D eigenvalue weighted by molar-refractivity contribution is 7.11. The van der Waals surface area contributed by atoms with Gasteiger partial charge in [0.15, 0.2) is 5.96 Å². The summed E-state index contributed by atoms with van der Waals surface area (Å²) in [4.78, 5) is 10.4. The van der Waals surface area contributed by atoms with Crippen molar-refractivity contribution in [3.63, 3.8) is 0 Å². The minimum absolute atomic E-state index is 0.165. The number of hydrogen-bond acceptors (Lipinski definition) is 5. The lowest BCUT2D eigenvalue weighted by Crippen LogP contribution is -2.41. The van der Waals surface area contributed by atoms with Gasteiger partial charge in [0.25, 0.3) is 0 Å². The van der Waals surface area contributed by atoms with Crippen molar-refractivity contribution in [1.29, 1.82) is 0 Å². The molecule has 0 amide bonds. The highest BCUT2D eigenvalue weighted by Gasteiger charge is 2.22. The van der Waals surface area contributed by atoms with E-state index in [0.29, 0.717) is 13.2 Å². The first kappa shape index (κ1) is 18.6. The number of thiazole rings is 1. The number of aromatic nitrogens is 1. The quantitative estimate of drug-likeness (QED) is 0.489. The van der Waals surface area contributed by atoms with E-state index in [1.165, 1.54) is 10.4 Å². The zero-order chi connectivity index (χ0) is 19.2. The SMILES string of the molecule is Cc1cnc(CN=C(NCCc2ccco2)NC2CCOc3ccccc32)s1. The second-order valence-corrected chi connectivity index (χ2v) is 7.98. The maximum absolute atomic E-state index is 5.78. The fraction of sp³-hybridized carbons (Fsp3) is 0.333. The average molecular weight is 397 g/mol. The summed E-state index contributed by atoms with van der Waals surface area (Å²) in [5.74, 6) is 2.68. The second-order valence-electron chi connectivity index (χ2n) is 6.66. The van der Waals surface area contributed by atoms with E-state index in [1.54, 1.807) is 17.6 Å². The third-order valence-corrected chi connectivity index (χ3v) is 5.45. The third-order valence-electron chi connectivity index (χ3n) is 4.55. The molecule has 4 rings (SSSR count). The van der Waals surface area contributed by atoms with E-state index in [1.807, 2.05) is 36.5 Å². The van der Waals surface area contributed by atoms with Crippen LogP contribution in [0.1, 0.15) is 33.7 Å². The number of rotatable bonds is 6. The minimum Gasteiger partial charge on any atom is -0.493 e. The Bertz CT molecular complexity index is 920. The summed E-state index contributed by atoms with van der Waals surface area (Å²) >= 11 is 1.68. The van der Waals surface area contributed by atoms with Crippen LogP contribution in [0.25, 0.3) is 0 Å². The van der Waals surface area contributed by atoms with Crippen LogP contribution in [0.4, 0.5) is 0 Å². The van der Waals surface area contributed by atoms with E-state index in [9.17, 15) is 0 Å². The first-order valence-corrected chi connectivity index (χ1v) is 10.3. The van der Waals surface area contributed by atoms with Gasteiger partial charge >= 0.3 is 0 Å². The minimum atomic E-state index is 0.165. The van der Waals surface area contributed by atoms with Crippen LogP contribution in [0.15, 0.2) is 58.3 Å². The van der Waals surface area contributed by atoms with Crippen LogP contribution in [0, 0.1) is 6.92 Å². The van der Waals surface area contributed by atoms with Crippen LogP contribution in [-0.2, 0) is 13.0 Å². The molecule has 1 unspecified atom stereocenters.